The van der Waals surface area contributed by atoms with E-state index in [0.29, 0.717) is 0 Å². The quantitative estimate of drug-likeness (QED) is 0.438. The second-order valence-electron chi connectivity index (χ2n) is 2.94. The molecule has 0 aromatic rings. The van der Waals surface area contributed by atoms with Crippen LogP contribution in [0.2, 0.25) is 0 Å². The summed E-state index contributed by atoms with van der Waals surface area (Å²) in [5, 5.41) is 0. The molecule has 1 aliphatic heterocycles. The van der Waals surface area contributed by atoms with E-state index in [9.17, 15) is 0 Å². The summed E-state index contributed by atoms with van der Waals surface area (Å²) >= 11 is 0. The Morgan fingerprint density at radius 3 is 2.73 bits per heavy atom. The molecule has 0 spiro atoms. The van der Waals surface area contributed by atoms with Gasteiger partial charge in [-0.1, -0.05) is 0 Å². The van der Waals surface area contributed by atoms with Gasteiger partial charge in [0.2, 0.25) is 0 Å². The van der Waals surface area contributed by atoms with Crippen LogP contribution in [0.4, 0.5) is 0 Å². The molecule has 62 valence electrons. The van der Waals surface area contributed by atoms with E-state index in [-0.39, 0.29) is 0 Å². The van der Waals surface area contributed by atoms with Gasteiger partial charge in [-0.2, -0.15) is 0 Å². The van der Waals surface area contributed by atoms with Crippen LogP contribution < -0.4 is 0 Å². The Morgan fingerprint density at radius 2 is 2.09 bits per heavy atom. The van der Waals surface area contributed by atoms with Crippen molar-refractivity contribution in [2.75, 3.05) is 26.2 Å². The van der Waals surface area contributed by atoms with Crippen LogP contribution in [0, 0.1) is 0 Å². The van der Waals surface area contributed by atoms with Crippen molar-refractivity contribution in [1.29, 1.82) is 0 Å². The van der Waals surface area contributed by atoms with E-state index in [0.717, 1.165) is 13.0 Å². The maximum Gasteiger partial charge on any atom is 0.0495 e. The third-order valence-electron chi connectivity index (χ3n) is 2.05. The molecule has 2 heteroatoms. The molecule has 2 nitrogen and oxygen atoms in total. The van der Waals surface area contributed by atoms with Crippen molar-refractivity contribution in [2.45, 2.75) is 19.3 Å². The molecule has 0 aromatic heterocycles. The molecule has 11 heavy (non-hydrogen) atoms. The average Bonchev–Trinajstić information content (AvgIpc) is 2.50. The van der Waals surface area contributed by atoms with Crippen molar-refractivity contribution in [3.63, 3.8) is 0 Å². The van der Waals surface area contributed by atoms with Gasteiger partial charge >= 0.3 is 0 Å². The van der Waals surface area contributed by atoms with Gasteiger partial charge in [0, 0.05) is 6.54 Å². The average molecular weight is 152 g/mol. The fourth-order valence-electron chi connectivity index (χ4n) is 1.46. The van der Waals surface area contributed by atoms with Gasteiger partial charge in [0.25, 0.3) is 0 Å². The van der Waals surface area contributed by atoms with Crippen LogP contribution >= 0.6 is 0 Å². The van der Waals surface area contributed by atoms with Crippen molar-refractivity contribution in [2.24, 2.45) is 4.99 Å². The van der Waals surface area contributed by atoms with E-state index < -0.39 is 0 Å². The minimum absolute atomic E-state index is 0.889. The molecule has 0 unspecified atom stereocenters. The summed E-state index contributed by atoms with van der Waals surface area (Å²) in [4.78, 5) is 6.44. The lowest BCUT2D eigenvalue weighted by molar-refractivity contribution is 0.336. The van der Waals surface area contributed by atoms with Gasteiger partial charge in [-0.25, -0.2) is 4.99 Å². The van der Waals surface area contributed by atoms with Crippen molar-refractivity contribution in [3.05, 3.63) is 6.58 Å². The topological polar surface area (TPSA) is 15.6 Å². The summed E-state index contributed by atoms with van der Waals surface area (Å²) in [5.41, 5.74) is 0. The molecule has 1 rings (SSSR count). The highest BCUT2D eigenvalue weighted by Gasteiger charge is 2.09. The number of rotatable bonds is 4. The molecular formula is C9H16N2. The smallest absolute Gasteiger partial charge is 0.0495 e. The molecule has 0 N–H and O–H groups in total. The SMILES string of the molecule is C=C=NCCCN1CCCC1. The zero-order valence-electron chi connectivity index (χ0n) is 7.05. The zero-order chi connectivity index (χ0) is 7.94. The highest BCUT2D eigenvalue weighted by Crippen LogP contribution is 2.06. The van der Waals surface area contributed by atoms with Crippen molar-refractivity contribution < 1.29 is 0 Å². The van der Waals surface area contributed by atoms with Gasteiger partial charge in [0.1, 0.15) is 0 Å². The first-order chi connectivity index (χ1) is 5.43. The normalized spacial score (nSPS) is 18.2. The lowest BCUT2D eigenvalue weighted by Crippen LogP contribution is -2.20. The maximum absolute atomic E-state index is 3.94. The second-order valence-corrected chi connectivity index (χ2v) is 2.94. The van der Waals surface area contributed by atoms with Crippen molar-refractivity contribution >= 4 is 5.87 Å². The van der Waals surface area contributed by atoms with Crippen LogP contribution in [0.3, 0.4) is 0 Å². The molecule has 0 amide bonds. The van der Waals surface area contributed by atoms with E-state index in [4.69, 9.17) is 0 Å². The van der Waals surface area contributed by atoms with Gasteiger partial charge in [-0.3, -0.25) is 0 Å². The zero-order valence-corrected chi connectivity index (χ0v) is 7.05. The molecule has 0 aromatic carbocycles. The van der Waals surface area contributed by atoms with E-state index in [1.807, 2.05) is 0 Å². The summed E-state index contributed by atoms with van der Waals surface area (Å²) in [7, 11) is 0. The fraction of sp³-hybridized carbons (Fsp3) is 0.778. The van der Waals surface area contributed by atoms with Gasteiger partial charge in [0.05, 0.1) is 0 Å². The van der Waals surface area contributed by atoms with Crippen LogP contribution in [-0.2, 0) is 0 Å². The van der Waals surface area contributed by atoms with Crippen LogP contribution in [-0.4, -0.2) is 36.9 Å². The number of likely N-dealkylation sites (tertiary alicyclic amines) is 1. The van der Waals surface area contributed by atoms with Gasteiger partial charge in [-0.05, 0) is 51.3 Å². The highest BCUT2D eigenvalue weighted by molar-refractivity contribution is 5.46. The minimum Gasteiger partial charge on any atom is -0.303 e. The predicted octanol–water partition coefficient (Wildman–Crippen LogP) is 1.33. The summed E-state index contributed by atoms with van der Waals surface area (Å²) in [6.07, 6.45) is 3.91. The molecule has 0 radical (unpaired) electrons. The summed E-state index contributed by atoms with van der Waals surface area (Å²) < 4.78 is 0. The first kappa shape index (κ1) is 8.51. The monoisotopic (exact) mass is 152 g/mol. The van der Waals surface area contributed by atoms with Crippen molar-refractivity contribution in [1.82, 2.24) is 4.90 Å². The Hall–Kier alpha value is -0.590. The van der Waals surface area contributed by atoms with Gasteiger partial charge in [0.15, 0.2) is 0 Å². The van der Waals surface area contributed by atoms with Crippen molar-refractivity contribution in [3.8, 4) is 0 Å². The predicted molar refractivity (Wildman–Crippen MR) is 48.2 cm³/mol. The van der Waals surface area contributed by atoms with Crippen LogP contribution in [0.5, 0.6) is 0 Å². The number of nitrogens with zero attached hydrogens (tertiary/aromatic N) is 2. The van der Waals surface area contributed by atoms with E-state index in [2.05, 4.69) is 22.3 Å². The van der Waals surface area contributed by atoms with E-state index in [1.165, 1.54) is 32.5 Å². The third kappa shape index (κ3) is 3.35. The Balaban J connectivity index is 1.97. The number of hydrogen-bond donors (Lipinski definition) is 0. The Bertz CT molecular complexity index is 142. The lowest BCUT2D eigenvalue weighted by atomic mass is 10.4. The lowest BCUT2D eigenvalue weighted by Gasteiger charge is -2.12. The molecule has 0 bridgehead atoms. The highest BCUT2D eigenvalue weighted by atomic mass is 15.1. The number of hydrogen-bond acceptors (Lipinski definition) is 2. The Labute approximate surface area is 68.6 Å². The molecule has 0 atom stereocenters. The van der Waals surface area contributed by atoms with E-state index >= 15 is 0 Å². The fourth-order valence-corrected chi connectivity index (χ4v) is 1.46. The Kier molecular flexibility index (Phi) is 3.95. The first-order valence-corrected chi connectivity index (χ1v) is 4.34. The molecule has 1 fully saturated rings. The summed E-state index contributed by atoms with van der Waals surface area (Å²) in [5.74, 6) is 2.55. The van der Waals surface area contributed by atoms with E-state index in [1.54, 1.807) is 0 Å². The van der Waals surface area contributed by atoms with Gasteiger partial charge < -0.3 is 4.90 Å². The molecular weight excluding hydrogens is 136 g/mol. The summed E-state index contributed by atoms with van der Waals surface area (Å²) in [6, 6.07) is 0. The molecule has 0 aliphatic carbocycles. The molecule has 0 saturated carbocycles. The number of aliphatic imine (C=N–C) groups is 1. The van der Waals surface area contributed by atoms with Crippen LogP contribution in [0.1, 0.15) is 19.3 Å². The summed E-state index contributed by atoms with van der Waals surface area (Å²) in [6.45, 7) is 8.09. The minimum atomic E-state index is 0.889. The molecule has 1 aliphatic rings. The Morgan fingerprint density at radius 1 is 1.36 bits per heavy atom. The van der Waals surface area contributed by atoms with Crippen LogP contribution in [0.15, 0.2) is 11.6 Å². The third-order valence-corrected chi connectivity index (χ3v) is 2.05. The van der Waals surface area contributed by atoms with Crippen LogP contribution in [0.25, 0.3) is 0 Å². The van der Waals surface area contributed by atoms with Gasteiger partial charge in [-0.15, -0.1) is 0 Å². The standard InChI is InChI=1S/C9H16N2/c1-2-10-6-5-9-11-7-3-4-8-11/h1,3-9H2. The first-order valence-electron chi connectivity index (χ1n) is 4.34. The molecule has 1 heterocycles. The second kappa shape index (κ2) is 5.11. The largest absolute Gasteiger partial charge is 0.303 e. The maximum atomic E-state index is 3.94. The molecule has 1 saturated heterocycles.